The SMILES string of the molecule is N#Cc1ccc(CC2=C3c4cc5c(cc4CCN3Cc3c2ccc2c3OCO2)OCO5)cc1. The van der Waals surface area contributed by atoms with Gasteiger partial charge >= 0.3 is 0 Å². The zero-order valence-corrected chi connectivity index (χ0v) is 17.9. The van der Waals surface area contributed by atoms with Gasteiger partial charge in [-0.2, -0.15) is 5.26 Å². The van der Waals surface area contributed by atoms with Crippen LogP contribution in [0.3, 0.4) is 0 Å². The minimum absolute atomic E-state index is 0.264. The molecule has 0 radical (unpaired) electrons. The van der Waals surface area contributed by atoms with Crippen LogP contribution in [0.1, 0.15) is 33.4 Å². The van der Waals surface area contributed by atoms with Crippen molar-refractivity contribution in [2.45, 2.75) is 19.4 Å². The van der Waals surface area contributed by atoms with Crippen molar-refractivity contribution in [3.63, 3.8) is 0 Å². The zero-order chi connectivity index (χ0) is 21.9. The molecular formula is C27H20N2O4. The lowest BCUT2D eigenvalue weighted by Crippen LogP contribution is -2.33. The summed E-state index contributed by atoms with van der Waals surface area (Å²) in [4.78, 5) is 2.45. The number of rotatable bonds is 2. The smallest absolute Gasteiger partial charge is 0.231 e. The van der Waals surface area contributed by atoms with Crippen LogP contribution >= 0.6 is 0 Å². The minimum Gasteiger partial charge on any atom is -0.454 e. The topological polar surface area (TPSA) is 64.0 Å². The molecule has 162 valence electrons. The Labute approximate surface area is 191 Å². The summed E-state index contributed by atoms with van der Waals surface area (Å²) in [6.45, 7) is 2.23. The summed E-state index contributed by atoms with van der Waals surface area (Å²) in [5.74, 6) is 3.31. The van der Waals surface area contributed by atoms with Crippen LogP contribution in [0.4, 0.5) is 0 Å². The summed E-state index contributed by atoms with van der Waals surface area (Å²) in [7, 11) is 0. The molecule has 0 aliphatic carbocycles. The molecule has 0 amide bonds. The molecule has 0 spiro atoms. The first kappa shape index (κ1) is 18.5. The van der Waals surface area contributed by atoms with Crippen LogP contribution in [0.5, 0.6) is 23.0 Å². The Balaban J connectivity index is 1.45. The third kappa shape index (κ3) is 2.79. The second-order valence-electron chi connectivity index (χ2n) is 8.67. The van der Waals surface area contributed by atoms with Gasteiger partial charge in [-0.3, -0.25) is 0 Å². The van der Waals surface area contributed by atoms with E-state index in [9.17, 15) is 5.26 Å². The summed E-state index contributed by atoms with van der Waals surface area (Å²) in [5.41, 5.74) is 9.19. The lowest BCUT2D eigenvalue weighted by atomic mass is 9.83. The van der Waals surface area contributed by atoms with E-state index < -0.39 is 0 Å². The van der Waals surface area contributed by atoms with Crippen LogP contribution in [-0.4, -0.2) is 25.0 Å². The summed E-state index contributed by atoms with van der Waals surface area (Å²) >= 11 is 0. The Bertz CT molecular complexity index is 1380. The third-order valence-electron chi connectivity index (χ3n) is 6.89. The maximum absolute atomic E-state index is 9.20. The van der Waals surface area contributed by atoms with E-state index in [1.165, 1.54) is 33.5 Å². The van der Waals surface area contributed by atoms with E-state index >= 15 is 0 Å². The van der Waals surface area contributed by atoms with Crippen molar-refractivity contribution in [2.24, 2.45) is 0 Å². The van der Waals surface area contributed by atoms with Crippen molar-refractivity contribution in [2.75, 3.05) is 20.1 Å². The third-order valence-corrected chi connectivity index (χ3v) is 6.89. The molecule has 3 aromatic rings. The summed E-state index contributed by atoms with van der Waals surface area (Å²) < 4.78 is 22.9. The second-order valence-corrected chi connectivity index (χ2v) is 8.67. The monoisotopic (exact) mass is 436 g/mol. The Morgan fingerprint density at radius 2 is 1.64 bits per heavy atom. The first-order chi connectivity index (χ1) is 16.3. The number of nitrogens with zero attached hydrogens (tertiary/aromatic N) is 2. The Morgan fingerprint density at radius 3 is 2.48 bits per heavy atom. The van der Waals surface area contributed by atoms with Gasteiger partial charge in [0, 0.05) is 36.3 Å². The van der Waals surface area contributed by atoms with Crippen molar-refractivity contribution in [1.82, 2.24) is 4.90 Å². The fourth-order valence-electron chi connectivity index (χ4n) is 5.33. The predicted molar refractivity (Wildman–Crippen MR) is 121 cm³/mol. The van der Waals surface area contributed by atoms with Gasteiger partial charge in [0.25, 0.3) is 0 Å². The number of fused-ring (bicyclic) bond motifs is 7. The van der Waals surface area contributed by atoms with Gasteiger partial charge in [0.15, 0.2) is 23.0 Å². The molecule has 0 saturated carbocycles. The molecule has 4 aliphatic heterocycles. The normalized spacial score (nSPS) is 16.8. The van der Waals surface area contributed by atoms with Crippen molar-refractivity contribution in [3.05, 3.63) is 81.9 Å². The molecule has 3 aromatic carbocycles. The molecule has 0 saturated heterocycles. The lowest BCUT2D eigenvalue weighted by molar-refractivity contribution is 0.172. The molecule has 6 heteroatoms. The van der Waals surface area contributed by atoms with Crippen molar-refractivity contribution < 1.29 is 18.9 Å². The number of hydrogen-bond acceptors (Lipinski definition) is 6. The van der Waals surface area contributed by atoms with E-state index in [0.717, 1.165) is 54.5 Å². The predicted octanol–water partition coefficient (Wildman–Crippen LogP) is 4.50. The second kappa shape index (κ2) is 6.94. The van der Waals surface area contributed by atoms with Crippen molar-refractivity contribution in [1.29, 1.82) is 5.26 Å². The highest BCUT2D eigenvalue weighted by Crippen LogP contribution is 2.50. The van der Waals surface area contributed by atoms with E-state index in [1.807, 2.05) is 30.3 Å². The highest BCUT2D eigenvalue weighted by atomic mass is 16.7. The Hall–Kier alpha value is -4.11. The van der Waals surface area contributed by atoms with Crippen LogP contribution < -0.4 is 18.9 Å². The maximum Gasteiger partial charge on any atom is 0.231 e. The summed E-state index contributed by atoms with van der Waals surface area (Å²) in [6, 6.07) is 18.5. The van der Waals surface area contributed by atoms with Gasteiger partial charge in [-0.25, -0.2) is 0 Å². The van der Waals surface area contributed by atoms with E-state index in [-0.39, 0.29) is 13.6 Å². The standard InChI is InChI=1S/C27H20N2O4/c28-12-17-3-1-16(2-4-17)9-21-19-5-6-23-27(33-15-30-23)22(19)13-29-8-7-18-10-24-25(32-14-31-24)11-20(18)26(21)29/h1-6,10-11H,7-9,13-15H2. The van der Waals surface area contributed by atoms with Crippen molar-refractivity contribution in [3.8, 4) is 29.1 Å². The van der Waals surface area contributed by atoms with Gasteiger partial charge < -0.3 is 23.8 Å². The maximum atomic E-state index is 9.20. The quantitative estimate of drug-likeness (QED) is 0.590. The van der Waals surface area contributed by atoms with Gasteiger partial charge in [0.1, 0.15) is 0 Å². The summed E-state index contributed by atoms with van der Waals surface area (Å²) in [5, 5.41) is 9.20. The molecule has 0 fully saturated rings. The molecule has 0 aromatic heterocycles. The van der Waals surface area contributed by atoms with Crippen LogP contribution in [0, 0.1) is 11.3 Å². The van der Waals surface area contributed by atoms with E-state index in [2.05, 4.69) is 29.2 Å². The van der Waals surface area contributed by atoms with Gasteiger partial charge in [-0.15, -0.1) is 0 Å². The van der Waals surface area contributed by atoms with Gasteiger partial charge in [-0.05, 0) is 59.0 Å². The first-order valence-corrected chi connectivity index (χ1v) is 11.1. The zero-order valence-electron chi connectivity index (χ0n) is 17.9. The Morgan fingerprint density at radius 1 is 0.848 bits per heavy atom. The Kier molecular flexibility index (Phi) is 3.88. The van der Waals surface area contributed by atoms with Gasteiger partial charge in [0.05, 0.1) is 11.6 Å². The first-order valence-electron chi connectivity index (χ1n) is 11.1. The highest BCUT2D eigenvalue weighted by molar-refractivity contribution is 5.96. The number of ether oxygens (including phenoxy) is 4. The fraction of sp³-hybridized carbons (Fsp3) is 0.222. The van der Waals surface area contributed by atoms with E-state index in [1.54, 1.807) is 0 Å². The van der Waals surface area contributed by atoms with Gasteiger partial charge in [-0.1, -0.05) is 18.2 Å². The molecule has 33 heavy (non-hydrogen) atoms. The lowest BCUT2D eigenvalue weighted by Gasteiger charge is -2.40. The molecule has 6 nitrogen and oxygen atoms in total. The molecule has 4 aliphatic rings. The number of hydrogen-bond donors (Lipinski definition) is 0. The number of nitriles is 1. The molecule has 0 bridgehead atoms. The van der Waals surface area contributed by atoms with Crippen molar-refractivity contribution >= 4 is 11.3 Å². The van der Waals surface area contributed by atoms with E-state index in [4.69, 9.17) is 18.9 Å². The van der Waals surface area contributed by atoms with Crippen LogP contribution in [0.2, 0.25) is 0 Å². The molecule has 4 heterocycles. The number of benzene rings is 3. The fourth-order valence-corrected chi connectivity index (χ4v) is 5.33. The van der Waals surface area contributed by atoms with Crippen LogP contribution in [-0.2, 0) is 19.4 Å². The average Bonchev–Trinajstić information content (AvgIpc) is 3.52. The highest BCUT2D eigenvalue weighted by Gasteiger charge is 2.35. The van der Waals surface area contributed by atoms with Crippen LogP contribution in [0.25, 0.3) is 11.3 Å². The molecule has 0 N–H and O–H groups in total. The van der Waals surface area contributed by atoms with Gasteiger partial charge in [0.2, 0.25) is 13.6 Å². The average molecular weight is 436 g/mol. The van der Waals surface area contributed by atoms with Crippen LogP contribution in [0.15, 0.2) is 48.5 Å². The number of allylic oxidation sites excluding steroid dienone is 1. The minimum atomic E-state index is 0.264. The molecule has 7 rings (SSSR count). The molecule has 0 unspecified atom stereocenters. The molecular weight excluding hydrogens is 416 g/mol. The summed E-state index contributed by atoms with van der Waals surface area (Å²) in [6.07, 6.45) is 1.69. The van der Waals surface area contributed by atoms with E-state index in [0.29, 0.717) is 5.56 Å². The molecule has 0 atom stereocenters. The largest absolute Gasteiger partial charge is 0.454 e.